The van der Waals surface area contributed by atoms with Crippen LogP contribution in [-0.2, 0) is 20.5 Å². The maximum Gasteiger partial charge on any atom is 0.418 e. The standard InChI is InChI=1S/C19H16F3NO4/c1-26-14-9-6-13(7-10-14)8-11-18(25)27-12-17(24)23-16-5-3-2-4-15(16)19(20,21)22/h2-11H,12H2,1H3,(H,23,24)/b11-8+. The third kappa shape index (κ3) is 6.18. The van der Waals surface area contributed by atoms with Gasteiger partial charge in [-0.3, -0.25) is 4.79 Å². The fourth-order valence-corrected chi connectivity index (χ4v) is 2.09. The van der Waals surface area contributed by atoms with Crippen LogP contribution >= 0.6 is 0 Å². The van der Waals surface area contributed by atoms with E-state index < -0.39 is 35.9 Å². The lowest BCUT2D eigenvalue weighted by Gasteiger charge is -2.13. The summed E-state index contributed by atoms with van der Waals surface area (Å²) in [4.78, 5) is 23.4. The van der Waals surface area contributed by atoms with Crippen LogP contribution in [0.5, 0.6) is 5.75 Å². The molecule has 0 aliphatic heterocycles. The van der Waals surface area contributed by atoms with Gasteiger partial charge in [0.05, 0.1) is 18.4 Å². The first kappa shape index (κ1) is 20.0. The van der Waals surface area contributed by atoms with E-state index in [1.807, 2.05) is 0 Å². The predicted molar refractivity (Wildman–Crippen MR) is 93.1 cm³/mol. The average molecular weight is 379 g/mol. The molecule has 0 radical (unpaired) electrons. The number of methoxy groups -OCH3 is 1. The highest BCUT2D eigenvalue weighted by Crippen LogP contribution is 2.34. The molecule has 0 fully saturated rings. The lowest BCUT2D eigenvalue weighted by atomic mass is 10.1. The number of ether oxygens (including phenoxy) is 2. The van der Waals surface area contributed by atoms with Crippen molar-refractivity contribution in [2.75, 3.05) is 19.0 Å². The summed E-state index contributed by atoms with van der Waals surface area (Å²) in [5.74, 6) is -1.02. The molecule has 2 aromatic carbocycles. The molecule has 27 heavy (non-hydrogen) atoms. The topological polar surface area (TPSA) is 64.6 Å². The van der Waals surface area contributed by atoms with Crippen molar-refractivity contribution in [3.63, 3.8) is 0 Å². The third-order valence-electron chi connectivity index (χ3n) is 3.38. The normalized spacial score (nSPS) is 11.3. The van der Waals surface area contributed by atoms with Crippen LogP contribution in [-0.4, -0.2) is 25.6 Å². The van der Waals surface area contributed by atoms with E-state index in [1.165, 1.54) is 25.3 Å². The number of para-hydroxylation sites is 1. The molecule has 5 nitrogen and oxygen atoms in total. The smallest absolute Gasteiger partial charge is 0.418 e. The largest absolute Gasteiger partial charge is 0.497 e. The zero-order valence-corrected chi connectivity index (χ0v) is 14.2. The molecule has 0 atom stereocenters. The van der Waals surface area contributed by atoms with Gasteiger partial charge < -0.3 is 14.8 Å². The molecule has 0 heterocycles. The first-order valence-corrected chi connectivity index (χ1v) is 7.74. The number of hydrogen-bond acceptors (Lipinski definition) is 4. The Hall–Kier alpha value is -3.29. The molecule has 1 N–H and O–H groups in total. The fourth-order valence-electron chi connectivity index (χ4n) is 2.09. The lowest BCUT2D eigenvalue weighted by molar-refractivity contribution is -0.142. The highest BCUT2D eigenvalue weighted by molar-refractivity contribution is 5.95. The summed E-state index contributed by atoms with van der Waals surface area (Å²) in [5, 5.41) is 2.08. The van der Waals surface area contributed by atoms with Crippen molar-refractivity contribution < 1.29 is 32.2 Å². The minimum absolute atomic E-state index is 0.403. The lowest BCUT2D eigenvalue weighted by Crippen LogP contribution is -2.22. The summed E-state index contributed by atoms with van der Waals surface area (Å²) in [6, 6.07) is 11.4. The van der Waals surface area contributed by atoms with Crippen LogP contribution in [0, 0.1) is 0 Å². The van der Waals surface area contributed by atoms with Crippen molar-refractivity contribution in [3.8, 4) is 5.75 Å². The molecule has 8 heteroatoms. The number of carbonyl (C=O) groups excluding carboxylic acids is 2. The maximum atomic E-state index is 12.9. The molecule has 0 spiro atoms. The molecular formula is C19H16F3NO4. The summed E-state index contributed by atoms with van der Waals surface area (Å²) in [7, 11) is 1.53. The van der Waals surface area contributed by atoms with Gasteiger partial charge in [-0.2, -0.15) is 13.2 Å². The average Bonchev–Trinajstić information content (AvgIpc) is 2.64. The molecule has 142 valence electrons. The van der Waals surface area contributed by atoms with E-state index in [0.717, 1.165) is 18.2 Å². The van der Waals surface area contributed by atoms with Gasteiger partial charge in [0.25, 0.3) is 5.91 Å². The molecule has 0 bridgehead atoms. The van der Waals surface area contributed by atoms with Crippen LogP contribution in [0.15, 0.2) is 54.6 Å². The Labute approximate surface area is 153 Å². The monoisotopic (exact) mass is 379 g/mol. The summed E-state index contributed by atoms with van der Waals surface area (Å²) < 4.78 is 48.3. The SMILES string of the molecule is COc1ccc(/C=C/C(=O)OCC(=O)Nc2ccccc2C(F)(F)F)cc1. The van der Waals surface area contributed by atoms with E-state index in [9.17, 15) is 22.8 Å². The van der Waals surface area contributed by atoms with Crippen molar-refractivity contribution in [2.24, 2.45) is 0 Å². The molecule has 0 saturated heterocycles. The van der Waals surface area contributed by atoms with Gasteiger partial charge in [0.15, 0.2) is 6.61 Å². The van der Waals surface area contributed by atoms with Crippen LogP contribution in [0.3, 0.4) is 0 Å². The minimum Gasteiger partial charge on any atom is -0.497 e. The van der Waals surface area contributed by atoms with Gasteiger partial charge in [-0.05, 0) is 35.9 Å². The second-order valence-electron chi connectivity index (χ2n) is 5.31. The van der Waals surface area contributed by atoms with Crippen molar-refractivity contribution in [1.29, 1.82) is 0 Å². The zero-order valence-electron chi connectivity index (χ0n) is 14.2. The van der Waals surface area contributed by atoms with E-state index in [-0.39, 0.29) is 0 Å². The van der Waals surface area contributed by atoms with E-state index in [4.69, 9.17) is 9.47 Å². The third-order valence-corrected chi connectivity index (χ3v) is 3.38. The first-order valence-electron chi connectivity index (χ1n) is 7.74. The molecule has 1 amide bonds. The Bertz CT molecular complexity index is 830. The number of esters is 1. The van der Waals surface area contributed by atoms with Gasteiger partial charge in [-0.1, -0.05) is 24.3 Å². The van der Waals surface area contributed by atoms with Crippen LogP contribution in [0.25, 0.3) is 6.08 Å². The Morgan fingerprint density at radius 1 is 1.07 bits per heavy atom. The molecule has 0 saturated carbocycles. The van der Waals surface area contributed by atoms with Crippen LogP contribution in [0.2, 0.25) is 0 Å². The van der Waals surface area contributed by atoms with Gasteiger partial charge in [0, 0.05) is 6.08 Å². The van der Waals surface area contributed by atoms with E-state index in [0.29, 0.717) is 11.3 Å². The number of rotatable bonds is 6. The predicted octanol–water partition coefficient (Wildman–Crippen LogP) is 3.91. The molecule has 0 aliphatic carbocycles. The minimum atomic E-state index is -4.61. The highest BCUT2D eigenvalue weighted by Gasteiger charge is 2.33. The molecule has 2 aromatic rings. The van der Waals surface area contributed by atoms with Crippen molar-refractivity contribution >= 4 is 23.6 Å². The van der Waals surface area contributed by atoms with Crippen molar-refractivity contribution in [1.82, 2.24) is 0 Å². The number of nitrogens with one attached hydrogen (secondary N) is 1. The molecular weight excluding hydrogens is 363 g/mol. The Morgan fingerprint density at radius 3 is 2.37 bits per heavy atom. The van der Waals surface area contributed by atoms with Crippen LogP contribution in [0.4, 0.5) is 18.9 Å². The quantitative estimate of drug-likeness (QED) is 0.611. The van der Waals surface area contributed by atoms with Gasteiger partial charge in [0.2, 0.25) is 0 Å². The van der Waals surface area contributed by atoms with Gasteiger partial charge in [-0.25, -0.2) is 4.79 Å². The number of anilines is 1. The van der Waals surface area contributed by atoms with Gasteiger partial charge in [0.1, 0.15) is 5.75 Å². The van der Waals surface area contributed by atoms with Gasteiger partial charge in [-0.15, -0.1) is 0 Å². The second kappa shape index (κ2) is 8.88. The molecule has 0 aromatic heterocycles. The number of alkyl halides is 3. The molecule has 0 aliphatic rings. The Kier molecular flexibility index (Phi) is 6.59. The maximum absolute atomic E-state index is 12.9. The van der Waals surface area contributed by atoms with E-state index in [2.05, 4.69) is 5.32 Å². The molecule has 2 rings (SSSR count). The summed E-state index contributed by atoms with van der Waals surface area (Å²) >= 11 is 0. The van der Waals surface area contributed by atoms with Crippen LogP contribution < -0.4 is 10.1 Å². The second-order valence-corrected chi connectivity index (χ2v) is 5.31. The van der Waals surface area contributed by atoms with Gasteiger partial charge >= 0.3 is 12.1 Å². The van der Waals surface area contributed by atoms with E-state index in [1.54, 1.807) is 24.3 Å². The fraction of sp³-hybridized carbons (Fsp3) is 0.158. The number of hydrogen-bond donors (Lipinski definition) is 1. The van der Waals surface area contributed by atoms with E-state index >= 15 is 0 Å². The van der Waals surface area contributed by atoms with Crippen molar-refractivity contribution in [2.45, 2.75) is 6.18 Å². The zero-order chi connectivity index (χ0) is 19.9. The number of benzene rings is 2. The highest BCUT2D eigenvalue weighted by atomic mass is 19.4. The number of carbonyl (C=O) groups is 2. The first-order chi connectivity index (χ1) is 12.8. The van der Waals surface area contributed by atoms with Crippen molar-refractivity contribution in [3.05, 3.63) is 65.7 Å². The Morgan fingerprint density at radius 2 is 1.74 bits per heavy atom. The summed E-state index contributed by atoms with van der Waals surface area (Å²) in [6.07, 6.45) is -2.03. The summed E-state index contributed by atoms with van der Waals surface area (Å²) in [5.41, 5.74) is -0.680. The van der Waals surface area contributed by atoms with Crippen LogP contribution in [0.1, 0.15) is 11.1 Å². The summed E-state index contributed by atoms with van der Waals surface area (Å²) in [6.45, 7) is -0.710. The number of amides is 1. The molecule has 0 unspecified atom stereocenters. The number of halogens is 3. The Balaban J connectivity index is 1.88.